The highest BCUT2D eigenvalue weighted by Gasteiger charge is 2.49. The summed E-state index contributed by atoms with van der Waals surface area (Å²) >= 11 is 0. The number of aromatic nitrogens is 4. The van der Waals surface area contributed by atoms with Crippen LogP contribution in [0.3, 0.4) is 0 Å². The van der Waals surface area contributed by atoms with Crippen molar-refractivity contribution in [3.05, 3.63) is 24.3 Å². The van der Waals surface area contributed by atoms with Crippen LogP contribution in [0.15, 0.2) is 24.3 Å². The second kappa shape index (κ2) is 5.62. The molecule has 3 N–H and O–H groups in total. The van der Waals surface area contributed by atoms with Crippen LogP contribution in [0.2, 0.25) is 0 Å². The molecule has 7 heteroatoms. The van der Waals surface area contributed by atoms with E-state index >= 15 is 0 Å². The average molecular weight is 338 g/mol. The van der Waals surface area contributed by atoms with Crippen LogP contribution in [0.25, 0.3) is 11.4 Å². The Kier molecular flexibility index (Phi) is 3.38. The lowest BCUT2D eigenvalue weighted by Gasteiger charge is -2.27. The summed E-state index contributed by atoms with van der Waals surface area (Å²) in [5, 5.41) is 15.1. The Hall–Kier alpha value is -2.28. The zero-order valence-electron chi connectivity index (χ0n) is 14.0. The molecule has 4 atom stereocenters. The molecule has 0 saturated heterocycles. The molecule has 25 heavy (non-hydrogen) atoms. The zero-order valence-corrected chi connectivity index (χ0v) is 14.0. The molecule has 2 aromatic rings. The van der Waals surface area contributed by atoms with Gasteiger partial charge in [-0.1, -0.05) is 12.1 Å². The maximum Gasteiger partial charge on any atom is 0.229 e. The third-order valence-electron chi connectivity index (χ3n) is 6.06. The van der Waals surface area contributed by atoms with Gasteiger partial charge in [-0.3, -0.25) is 4.79 Å². The highest BCUT2D eigenvalue weighted by atomic mass is 16.2. The van der Waals surface area contributed by atoms with Crippen LogP contribution in [-0.2, 0) is 4.79 Å². The molecule has 1 amide bonds. The highest BCUT2D eigenvalue weighted by Crippen LogP contribution is 2.48. The molecule has 0 aliphatic heterocycles. The summed E-state index contributed by atoms with van der Waals surface area (Å²) in [6, 6.07) is 8.17. The number of benzene rings is 1. The minimum absolute atomic E-state index is 0.00379. The lowest BCUT2D eigenvalue weighted by atomic mass is 9.84. The molecule has 3 aliphatic rings. The number of nitrogens with one attached hydrogen (secondary N) is 1. The van der Waals surface area contributed by atoms with Gasteiger partial charge in [-0.15, -0.1) is 5.10 Å². The fourth-order valence-corrected chi connectivity index (χ4v) is 4.64. The average Bonchev–Trinajstić information content (AvgIpc) is 3.05. The summed E-state index contributed by atoms with van der Waals surface area (Å²) in [6.45, 7) is 0. The molecule has 4 unspecified atom stereocenters. The summed E-state index contributed by atoms with van der Waals surface area (Å²) in [7, 11) is 0. The van der Waals surface area contributed by atoms with Crippen molar-refractivity contribution in [1.82, 2.24) is 20.2 Å². The van der Waals surface area contributed by atoms with E-state index in [1.165, 1.54) is 6.42 Å². The molecule has 1 aromatic heterocycles. The van der Waals surface area contributed by atoms with Gasteiger partial charge in [0.15, 0.2) is 5.82 Å². The van der Waals surface area contributed by atoms with Crippen molar-refractivity contribution >= 4 is 11.6 Å². The first-order chi connectivity index (χ1) is 12.2. The number of rotatable bonds is 4. The Balaban J connectivity index is 1.36. The normalized spacial score (nSPS) is 30.6. The number of amides is 1. The summed E-state index contributed by atoms with van der Waals surface area (Å²) in [6.07, 6.45) is 5.66. The molecule has 3 fully saturated rings. The van der Waals surface area contributed by atoms with Crippen LogP contribution in [-0.4, -0.2) is 32.2 Å². The van der Waals surface area contributed by atoms with E-state index in [9.17, 15) is 4.79 Å². The maximum atomic E-state index is 12.8. The Morgan fingerprint density at radius 2 is 2.04 bits per heavy atom. The first-order valence-corrected chi connectivity index (χ1v) is 9.15. The van der Waals surface area contributed by atoms with Crippen LogP contribution in [0.1, 0.15) is 38.1 Å². The van der Waals surface area contributed by atoms with Crippen molar-refractivity contribution in [3.63, 3.8) is 0 Å². The van der Waals surface area contributed by atoms with Crippen LogP contribution in [0.4, 0.5) is 5.69 Å². The van der Waals surface area contributed by atoms with E-state index in [0.717, 1.165) is 42.8 Å². The monoisotopic (exact) mass is 338 g/mol. The fourth-order valence-electron chi connectivity index (χ4n) is 4.64. The summed E-state index contributed by atoms with van der Waals surface area (Å²) in [4.78, 5) is 12.8. The molecular weight excluding hydrogens is 316 g/mol. The predicted molar refractivity (Wildman–Crippen MR) is 92.5 cm³/mol. The third kappa shape index (κ3) is 2.54. The minimum Gasteiger partial charge on any atom is -0.327 e. The molecule has 3 saturated carbocycles. The van der Waals surface area contributed by atoms with Crippen molar-refractivity contribution in [3.8, 4) is 11.4 Å². The maximum absolute atomic E-state index is 12.8. The van der Waals surface area contributed by atoms with E-state index in [1.807, 2.05) is 28.9 Å². The van der Waals surface area contributed by atoms with Crippen molar-refractivity contribution in [1.29, 1.82) is 0 Å². The van der Waals surface area contributed by atoms with Gasteiger partial charge < -0.3 is 11.1 Å². The van der Waals surface area contributed by atoms with Crippen molar-refractivity contribution in [2.45, 2.75) is 44.2 Å². The number of carbonyl (C=O) groups excluding carboxylic acids is 1. The number of nitrogens with two attached hydrogens (primary N) is 1. The molecular formula is C18H22N6O. The molecule has 0 spiro atoms. The smallest absolute Gasteiger partial charge is 0.229 e. The van der Waals surface area contributed by atoms with Crippen LogP contribution >= 0.6 is 0 Å². The SMILES string of the molecule is NC1C2CCC(C2)C1C(=O)Nc1cccc(-c2nnnn2C2CC2)c1. The molecule has 3 aliphatic carbocycles. The lowest BCUT2D eigenvalue weighted by Crippen LogP contribution is -2.42. The molecule has 7 nitrogen and oxygen atoms in total. The highest BCUT2D eigenvalue weighted by molar-refractivity contribution is 5.94. The molecule has 1 heterocycles. The number of hydrogen-bond donors (Lipinski definition) is 2. The van der Waals surface area contributed by atoms with E-state index in [1.54, 1.807) is 0 Å². The van der Waals surface area contributed by atoms with Crippen molar-refractivity contribution < 1.29 is 4.79 Å². The molecule has 5 rings (SSSR count). The predicted octanol–water partition coefficient (Wildman–Crippen LogP) is 1.99. The van der Waals surface area contributed by atoms with Gasteiger partial charge in [0, 0.05) is 17.3 Å². The van der Waals surface area contributed by atoms with E-state index in [4.69, 9.17) is 5.73 Å². The van der Waals surface area contributed by atoms with Crippen LogP contribution in [0, 0.1) is 17.8 Å². The summed E-state index contributed by atoms with van der Waals surface area (Å²) in [5.74, 6) is 1.73. The number of hydrogen-bond acceptors (Lipinski definition) is 5. The summed E-state index contributed by atoms with van der Waals surface area (Å²) < 4.78 is 1.88. The third-order valence-corrected chi connectivity index (χ3v) is 6.06. The van der Waals surface area contributed by atoms with Crippen LogP contribution in [0.5, 0.6) is 0 Å². The number of nitrogens with zero attached hydrogens (tertiary/aromatic N) is 4. The molecule has 0 radical (unpaired) electrons. The van der Waals surface area contributed by atoms with Crippen LogP contribution < -0.4 is 11.1 Å². The first-order valence-electron chi connectivity index (χ1n) is 9.15. The molecule has 130 valence electrons. The Bertz CT molecular complexity index is 811. The van der Waals surface area contributed by atoms with Crippen molar-refractivity contribution in [2.24, 2.45) is 23.5 Å². The van der Waals surface area contributed by atoms with Gasteiger partial charge in [0.1, 0.15) is 0 Å². The summed E-state index contributed by atoms with van der Waals surface area (Å²) in [5.41, 5.74) is 8.00. The Morgan fingerprint density at radius 3 is 2.80 bits per heavy atom. The van der Waals surface area contributed by atoms with E-state index in [2.05, 4.69) is 20.8 Å². The second-order valence-electron chi connectivity index (χ2n) is 7.68. The Morgan fingerprint density at radius 1 is 1.20 bits per heavy atom. The Labute approximate surface area is 146 Å². The topological polar surface area (TPSA) is 98.7 Å². The van der Waals surface area contributed by atoms with Gasteiger partial charge >= 0.3 is 0 Å². The quantitative estimate of drug-likeness (QED) is 0.888. The number of carbonyl (C=O) groups is 1. The van der Waals surface area contributed by atoms with E-state index in [0.29, 0.717) is 17.9 Å². The fraction of sp³-hybridized carbons (Fsp3) is 0.556. The minimum atomic E-state index is -0.0563. The molecule has 2 bridgehead atoms. The number of fused-ring (bicyclic) bond motifs is 2. The standard InChI is InChI=1S/C18H22N6O/c19-16-11-5-4-10(8-11)15(16)18(25)20-13-3-1-2-12(9-13)17-21-22-23-24(17)14-6-7-14/h1-3,9-11,14-16H,4-8,19H2,(H,20,25). The van der Waals surface area contributed by atoms with Gasteiger partial charge in [-0.25, -0.2) is 4.68 Å². The van der Waals surface area contributed by atoms with Gasteiger partial charge in [-0.2, -0.15) is 0 Å². The number of anilines is 1. The van der Waals surface area contributed by atoms with E-state index in [-0.39, 0.29) is 17.9 Å². The zero-order chi connectivity index (χ0) is 17.0. The van der Waals surface area contributed by atoms with Crippen molar-refractivity contribution in [2.75, 3.05) is 5.32 Å². The largest absolute Gasteiger partial charge is 0.327 e. The number of tetrazole rings is 1. The lowest BCUT2D eigenvalue weighted by molar-refractivity contribution is -0.121. The van der Waals surface area contributed by atoms with Gasteiger partial charge in [-0.05, 0) is 66.5 Å². The van der Waals surface area contributed by atoms with Gasteiger partial charge in [0.05, 0.1) is 12.0 Å². The molecule has 1 aromatic carbocycles. The van der Waals surface area contributed by atoms with Gasteiger partial charge in [0.25, 0.3) is 0 Å². The first kappa shape index (κ1) is 15.0. The van der Waals surface area contributed by atoms with E-state index < -0.39 is 0 Å². The second-order valence-corrected chi connectivity index (χ2v) is 7.68. The van der Waals surface area contributed by atoms with Gasteiger partial charge in [0.2, 0.25) is 5.91 Å².